The molecule has 2 heterocycles. The molecule has 5 nitrogen and oxygen atoms in total. The molecular weight excluding hydrogens is 382 g/mol. The van der Waals surface area contributed by atoms with Gasteiger partial charge in [0.05, 0.1) is 0 Å². The van der Waals surface area contributed by atoms with Crippen molar-refractivity contribution in [2.45, 2.75) is 10.6 Å². The number of aryl methyl sites for hydroxylation is 1. The van der Waals surface area contributed by atoms with Crippen molar-refractivity contribution in [3.05, 3.63) is 77.1 Å². The standard InChI is InChI=1S/C20H16ClN3O2S/c1-24-11-10-18(23-24)22-20(25)19-16(15-4-2-3-5-17(15)26-19)12-27-14-8-6-13(21)7-9-14/h2-11H,12H2,1H3,(H,22,23,25). The molecular formula is C20H16ClN3O2S. The molecule has 0 saturated carbocycles. The Morgan fingerprint density at radius 2 is 1.96 bits per heavy atom. The highest BCUT2D eigenvalue weighted by Gasteiger charge is 2.21. The second-order valence-corrected chi connectivity index (χ2v) is 7.46. The maximum atomic E-state index is 12.8. The van der Waals surface area contributed by atoms with Crippen LogP contribution in [0.3, 0.4) is 0 Å². The predicted molar refractivity (Wildman–Crippen MR) is 108 cm³/mol. The summed E-state index contributed by atoms with van der Waals surface area (Å²) in [5.41, 5.74) is 1.55. The number of nitrogens with one attached hydrogen (secondary N) is 1. The number of anilines is 1. The zero-order valence-corrected chi connectivity index (χ0v) is 16.1. The van der Waals surface area contributed by atoms with Gasteiger partial charge in [0.2, 0.25) is 0 Å². The largest absolute Gasteiger partial charge is 0.451 e. The first-order valence-corrected chi connectivity index (χ1v) is 9.66. The molecule has 0 radical (unpaired) electrons. The van der Waals surface area contributed by atoms with Crippen molar-refractivity contribution in [3.8, 4) is 0 Å². The summed E-state index contributed by atoms with van der Waals surface area (Å²) < 4.78 is 7.50. The van der Waals surface area contributed by atoms with Gasteiger partial charge in [-0.2, -0.15) is 5.10 Å². The molecule has 2 aromatic carbocycles. The summed E-state index contributed by atoms with van der Waals surface area (Å²) in [6.45, 7) is 0. The van der Waals surface area contributed by atoms with Gasteiger partial charge < -0.3 is 9.73 Å². The van der Waals surface area contributed by atoms with Crippen LogP contribution in [0.5, 0.6) is 0 Å². The first-order valence-electron chi connectivity index (χ1n) is 8.30. The number of halogens is 1. The molecule has 0 aliphatic carbocycles. The summed E-state index contributed by atoms with van der Waals surface area (Å²) in [5, 5.41) is 8.61. The number of benzene rings is 2. The van der Waals surface area contributed by atoms with Crippen LogP contribution < -0.4 is 5.32 Å². The van der Waals surface area contributed by atoms with E-state index in [0.29, 0.717) is 27.9 Å². The maximum Gasteiger partial charge on any atom is 0.292 e. The van der Waals surface area contributed by atoms with Crippen LogP contribution in [0.15, 0.2) is 70.1 Å². The van der Waals surface area contributed by atoms with E-state index in [-0.39, 0.29) is 5.91 Å². The van der Waals surface area contributed by atoms with Crippen LogP contribution in [0, 0.1) is 0 Å². The van der Waals surface area contributed by atoms with Crippen molar-refractivity contribution in [3.63, 3.8) is 0 Å². The molecule has 0 aliphatic rings. The fourth-order valence-corrected chi connectivity index (χ4v) is 3.82. The van der Waals surface area contributed by atoms with Gasteiger partial charge in [-0.05, 0) is 30.3 Å². The van der Waals surface area contributed by atoms with E-state index in [0.717, 1.165) is 15.8 Å². The third kappa shape index (κ3) is 3.86. The third-order valence-electron chi connectivity index (χ3n) is 4.06. The Hall–Kier alpha value is -2.70. The number of thioether (sulfide) groups is 1. The lowest BCUT2D eigenvalue weighted by atomic mass is 10.1. The quantitative estimate of drug-likeness (QED) is 0.460. The lowest BCUT2D eigenvalue weighted by molar-refractivity contribution is 0.0997. The molecule has 7 heteroatoms. The van der Waals surface area contributed by atoms with E-state index >= 15 is 0 Å². The van der Waals surface area contributed by atoms with E-state index in [1.165, 1.54) is 0 Å². The summed E-state index contributed by atoms with van der Waals surface area (Å²) >= 11 is 7.58. The van der Waals surface area contributed by atoms with Gasteiger partial charge in [-0.3, -0.25) is 9.48 Å². The highest BCUT2D eigenvalue weighted by atomic mass is 35.5. The number of hydrogen-bond donors (Lipinski definition) is 1. The molecule has 0 fully saturated rings. The van der Waals surface area contributed by atoms with Crippen molar-refractivity contribution in [2.24, 2.45) is 7.05 Å². The van der Waals surface area contributed by atoms with E-state index < -0.39 is 0 Å². The number of fused-ring (bicyclic) bond motifs is 1. The summed E-state index contributed by atoms with van der Waals surface area (Å²) in [6, 6.07) is 17.0. The first-order chi connectivity index (χ1) is 13.1. The average Bonchev–Trinajstić information content (AvgIpc) is 3.24. The Labute approximate surface area is 165 Å². The average molecular weight is 398 g/mol. The number of carbonyl (C=O) groups is 1. The van der Waals surface area contributed by atoms with Gasteiger partial charge in [0.25, 0.3) is 5.91 Å². The molecule has 1 N–H and O–H groups in total. The normalized spacial score (nSPS) is 11.0. The van der Waals surface area contributed by atoms with Crippen LogP contribution >= 0.6 is 23.4 Å². The van der Waals surface area contributed by atoms with Crippen LogP contribution in [0.1, 0.15) is 16.1 Å². The number of para-hydroxylation sites is 1. The second-order valence-electron chi connectivity index (χ2n) is 5.98. The Bertz CT molecular complexity index is 1100. The lowest BCUT2D eigenvalue weighted by Crippen LogP contribution is -2.13. The summed E-state index contributed by atoms with van der Waals surface area (Å²) in [4.78, 5) is 13.9. The van der Waals surface area contributed by atoms with E-state index in [4.69, 9.17) is 16.0 Å². The Balaban J connectivity index is 1.64. The van der Waals surface area contributed by atoms with Crippen molar-refractivity contribution >= 4 is 46.1 Å². The maximum absolute atomic E-state index is 12.8. The predicted octanol–water partition coefficient (Wildman–Crippen LogP) is 5.36. The van der Waals surface area contributed by atoms with Crippen molar-refractivity contribution in [1.82, 2.24) is 9.78 Å². The number of nitrogens with zero attached hydrogens (tertiary/aromatic N) is 2. The second kappa shape index (κ2) is 7.50. The number of amides is 1. The van der Waals surface area contributed by atoms with Gasteiger partial charge in [-0.15, -0.1) is 11.8 Å². The molecule has 0 unspecified atom stereocenters. The number of hydrogen-bond acceptors (Lipinski definition) is 4. The molecule has 0 bridgehead atoms. The monoisotopic (exact) mass is 397 g/mol. The molecule has 136 valence electrons. The molecule has 4 rings (SSSR count). The van der Waals surface area contributed by atoms with Gasteiger partial charge in [-0.25, -0.2) is 0 Å². The zero-order chi connectivity index (χ0) is 18.8. The summed E-state index contributed by atoms with van der Waals surface area (Å²) in [5.74, 6) is 1.09. The van der Waals surface area contributed by atoms with Gasteiger partial charge in [0, 0.05) is 45.9 Å². The van der Waals surface area contributed by atoms with Crippen LogP contribution in [-0.2, 0) is 12.8 Å². The van der Waals surface area contributed by atoms with Gasteiger partial charge in [0.1, 0.15) is 5.58 Å². The topological polar surface area (TPSA) is 60.1 Å². The number of aromatic nitrogens is 2. The Morgan fingerprint density at radius 3 is 2.70 bits per heavy atom. The molecule has 4 aromatic rings. The fraction of sp³-hybridized carbons (Fsp3) is 0.100. The van der Waals surface area contributed by atoms with E-state index in [2.05, 4.69) is 10.4 Å². The molecule has 2 aromatic heterocycles. The van der Waals surface area contributed by atoms with Gasteiger partial charge in [0.15, 0.2) is 11.6 Å². The highest BCUT2D eigenvalue weighted by molar-refractivity contribution is 7.98. The number of carbonyl (C=O) groups excluding carboxylic acids is 1. The van der Waals surface area contributed by atoms with Crippen LogP contribution in [0.4, 0.5) is 5.82 Å². The van der Waals surface area contributed by atoms with Crippen LogP contribution in [0.2, 0.25) is 5.02 Å². The van der Waals surface area contributed by atoms with Gasteiger partial charge in [-0.1, -0.05) is 29.8 Å². The molecule has 0 aliphatic heterocycles. The van der Waals surface area contributed by atoms with E-state index in [1.807, 2.05) is 48.5 Å². The number of rotatable bonds is 5. The smallest absolute Gasteiger partial charge is 0.292 e. The van der Waals surface area contributed by atoms with E-state index in [9.17, 15) is 4.79 Å². The fourth-order valence-electron chi connectivity index (χ4n) is 2.77. The minimum absolute atomic E-state index is 0.309. The molecule has 0 spiro atoms. The summed E-state index contributed by atoms with van der Waals surface area (Å²) in [6.07, 6.45) is 1.77. The minimum atomic E-state index is -0.309. The Kier molecular flexibility index (Phi) is 4.92. The Morgan fingerprint density at radius 1 is 1.19 bits per heavy atom. The SMILES string of the molecule is Cn1ccc(NC(=O)c2oc3ccccc3c2CSc2ccc(Cl)cc2)n1. The zero-order valence-electron chi connectivity index (χ0n) is 14.5. The van der Waals surface area contributed by atoms with Crippen LogP contribution in [-0.4, -0.2) is 15.7 Å². The minimum Gasteiger partial charge on any atom is -0.451 e. The van der Waals surface area contributed by atoms with Crippen molar-refractivity contribution in [1.29, 1.82) is 0 Å². The summed E-state index contributed by atoms with van der Waals surface area (Å²) in [7, 11) is 1.80. The molecule has 1 amide bonds. The van der Waals surface area contributed by atoms with E-state index in [1.54, 1.807) is 35.8 Å². The van der Waals surface area contributed by atoms with Crippen LogP contribution in [0.25, 0.3) is 11.0 Å². The first kappa shape index (κ1) is 17.7. The molecule has 0 atom stereocenters. The van der Waals surface area contributed by atoms with Crippen molar-refractivity contribution < 1.29 is 9.21 Å². The molecule has 27 heavy (non-hydrogen) atoms. The van der Waals surface area contributed by atoms with Crippen molar-refractivity contribution in [2.75, 3.05) is 5.32 Å². The molecule has 0 saturated heterocycles. The highest BCUT2D eigenvalue weighted by Crippen LogP contribution is 2.32. The lowest BCUT2D eigenvalue weighted by Gasteiger charge is -2.04. The third-order valence-corrected chi connectivity index (χ3v) is 5.35. The number of furan rings is 1. The van der Waals surface area contributed by atoms with Gasteiger partial charge >= 0.3 is 0 Å².